The van der Waals surface area contributed by atoms with Gasteiger partial charge in [-0.1, -0.05) is 13.0 Å². The highest BCUT2D eigenvalue weighted by Gasteiger charge is 2.24. The quantitative estimate of drug-likeness (QED) is 0.868. The van der Waals surface area contributed by atoms with Gasteiger partial charge in [0.1, 0.15) is 0 Å². The molecule has 1 heterocycles. The first-order valence-electron chi connectivity index (χ1n) is 7.16. The van der Waals surface area contributed by atoms with Gasteiger partial charge in [0.15, 0.2) is 0 Å². The van der Waals surface area contributed by atoms with E-state index in [1.807, 2.05) is 6.07 Å². The number of carbonyl (C=O) groups excluding carboxylic acids is 1. The van der Waals surface area contributed by atoms with Crippen LogP contribution < -0.4 is 11.1 Å². The molecular formula is C15H23N3O. The maximum Gasteiger partial charge on any atom is 0.223 e. The molecular weight excluding hydrogens is 238 g/mol. The van der Waals surface area contributed by atoms with E-state index in [0.717, 1.165) is 37.8 Å². The Hall–Kier alpha value is -1.42. The van der Waals surface area contributed by atoms with Gasteiger partial charge in [0.2, 0.25) is 5.91 Å². The lowest BCUT2D eigenvalue weighted by atomic mass is 9.86. The lowest BCUT2D eigenvalue weighted by Crippen LogP contribution is -2.36. The number of aromatic nitrogens is 1. The molecule has 1 fully saturated rings. The molecule has 1 amide bonds. The van der Waals surface area contributed by atoms with Crippen LogP contribution in [0.5, 0.6) is 0 Å². The van der Waals surface area contributed by atoms with Crippen molar-refractivity contribution in [2.24, 2.45) is 11.7 Å². The van der Waals surface area contributed by atoms with E-state index < -0.39 is 0 Å². The zero-order valence-electron chi connectivity index (χ0n) is 11.6. The van der Waals surface area contributed by atoms with Gasteiger partial charge < -0.3 is 11.1 Å². The van der Waals surface area contributed by atoms with Gasteiger partial charge in [0.25, 0.3) is 0 Å². The highest BCUT2D eigenvalue weighted by Crippen LogP contribution is 2.23. The van der Waals surface area contributed by atoms with Crippen molar-refractivity contribution in [3.63, 3.8) is 0 Å². The number of carbonyl (C=O) groups is 1. The molecule has 0 unspecified atom stereocenters. The Labute approximate surface area is 114 Å². The third kappa shape index (κ3) is 3.77. The lowest BCUT2D eigenvalue weighted by Gasteiger charge is -2.25. The molecule has 0 aliphatic heterocycles. The zero-order valence-corrected chi connectivity index (χ0v) is 11.6. The first kappa shape index (κ1) is 14.0. The first-order valence-corrected chi connectivity index (χ1v) is 7.16. The molecule has 1 saturated carbocycles. The fraction of sp³-hybridized carbons (Fsp3) is 0.600. The monoisotopic (exact) mass is 261 g/mol. The van der Waals surface area contributed by atoms with Crippen molar-refractivity contribution in [1.29, 1.82) is 0 Å². The molecule has 19 heavy (non-hydrogen) atoms. The Kier molecular flexibility index (Phi) is 4.91. The molecule has 1 aliphatic rings. The van der Waals surface area contributed by atoms with E-state index in [1.54, 1.807) is 6.20 Å². The maximum atomic E-state index is 12.1. The van der Waals surface area contributed by atoms with Gasteiger partial charge in [0, 0.05) is 18.2 Å². The van der Waals surface area contributed by atoms with Gasteiger partial charge in [0.05, 0.1) is 12.2 Å². The van der Waals surface area contributed by atoms with Crippen LogP contribution in [-0.4, -0.2) is 16.9 Å². The van der Waals surface area contributed by atoms with Crippen molar-refractivity contribution in [1.82, 2.24) is 10.3 Å². The van der Waals surface area contributed by atoms with Crippen LogP contribution in [0, 0.1) is 5.92 Å². The summed E-state index contributed by atoms with van der Waals surface area (Å²) in [5, 5.41) is 3.02. The second kappa shape index (κ2) is 6.66. The Bertz CT molecular complexity index is 425. The predicted molar refractivity (Wildman–Crippen MR) is 75.4 cm³/mol. The summed E-state index contributed by atoms with van der Waals surface area (Å²) < 4.78 is 0. The number of rotatable bonds is 4. The Morgan fingerprint density at radius 2 is 2.16 bits per heavy atom. The van der Waals surface area contributed by atoms with Gasteiger partial charge in [-0.15, -0.1) is 0 Å². The van der Waals surface area contributed by atoms with Crippen LogP contribution in [-0.2, 0) is 17.8 Å². The smallest absolute Gasteiger partial charge is 0.223 e. The normalized spacial score (nSPS) is 23.1. The van der Waals surface area contributed by atoms with Crippen LogP contribution >= 0.6 is 0 Å². The minimum absolute atomic E-state index is 0.133. The fourth-order valence-corrected chi connectivity index (χ4v) is 2.65. The molecule has 104 valence electrons. The van der Waals surface area contributed by atoms with Gasteiger partial charge in [-0.3, -0.25) is 9.78 Å². The summed E-state index contributed by atoms with van der Waals surface area (Å²) in [6.07, 6.45) is 6.47. The van der Waals surface area contributed by atoms with E-state index >= 15 is 0 Å². The molecule has 0 radical (unpaired) electrons. The van der Waals surface area contributed by atoms with Gasteiger partial charge in [-0.2, -0.15) is 0 Å². The van der Waals surface area contributed by atoms with E-state index in [1.165, 1.54) is 5.56 Å². The highest BCUT2D eigenvalue weighted by molar-refractivity contribution is 5.78. The summed E-state index contributed by atoms with van der Waals surface area (Å²) in [4.78, 5) is 16.4. The average molecular weight is 261 g/mol. The van der Waals surface area contributed by atoms with Crippen LogP contribution in [0.2, 0.25) is 0 Å². The van der Waals surface area contributed by atoms with E-state index in [4.69, 9.17) is 5.73 Å². The van der Waals surface area contributed by atoms with Crippen LogP contribution in [0.1, 0.15) is 43.9 Å². The summed E-state index contributed by atoms with van der Waals surface area (Å²) in [6, 6.07) is 4.28. The summed E-state index contributed by atoms with van der Waals surface area (Å²) in [7, 11) is 0. The van der Waals surface area contributed by atoms with E-state index in [0.29, 0.717) is 6.54 Å². The molecule has 0 bridgehead atoms. The van der Waals surface area contributed by atoms with Gasteiger partial charge in [-0.05, 0) is 43.7 Å². The molecule has 0 spiro atoms. The lowest BCUT2D eigenvalue weighted by molar-refractivity contribution is -0.126. The molecule has 4 nitrogen and oxygen atoms in total. The molecule has 3 N–H and O–H groups in total. The fourth-order valence-electron chi connectivity index (χ4n) is 2.65. The topological polar surface area (TPSA) is 68.0 Å². The van der Waals surface area contributed by atoms with Crippen molar-refractivity contribution < 1.29 is 4.79 Å². The number of nitrogens with two attached hydrogens (primary N) is 1. The Morgan fingerprint density at radius 3 is 2.84 bits per heavy atom. The van der Waals surface area contributed by atoms with Crippen molar-refractivity contribution in [2.45, 2.75) is 51.6 Å². The predicted octanol–water partition coefficient (Wildman–Crippen LogP) is 1.78. The number of aryl methyl sites for hydroxylation is 1. The van der Waals surface area contributed by atoms with Crippen LogP contribution in [0.3, 0.4) is 0 Å². The van der Waals surface area contributed by atoms with E-state index in [2.05, 4.69) is 23.3 Å². The largest absolute Gasteiger partial charge is 0.350 e. The molecule has 1 aromatic heterocycles. The zero-order chi connectivity index (χ0) is 13.7. The maximum absolute atomic E-state index is 12.1. The molecule has 0 atom stereocenters. The van der Waals surface area contributed by atoms with Crippen molar-refractivity contribution >= 4 is 5.91 Å². The molecule has 1 aliphatic carbocycles. The van der Waals surface area contributed by atoms with Crippen LogP contribution in [0.4, 0.5) is 0 Å². The van der Waals surface area contributed by atoms with Gasteiger partial charge in [-0.25, -0.2) is 0 Å². The molecule has 1 aromatic rings. The first-order chi connectivity index (χ1) is 9.20. The standard InChI is InChI=1S/C15H23N3O/c1-2-11-4-3-9-17-14(11)10-18-15(19)12-5-7-13(16)8-6-12/h3-4,9,12-13H,2,5-8,10,16H2,1H3,(H,18,19). The number of hydrogen-bond donors (Lipinski definition) is 2. The molecule has 4 heteroatoms. The minimum Gasteiger partial charge on any atom is -0.350 e. The Morgan fingerprint density at radius 1 is 1.42 bits per heavy atom. The van der Waals surface area contributed by atoms with E-state index in [-0.39, 0.29) is 17.9 Å². The summed E-state index contributed by atoms with van der Waals surface area (Å²) in [5.74, 6) is 0.285. The second-order valence-electron chi connectivity index (χ2n) is 5.29. The molecule has 0 saturated heterocycles. The molecule has 2 rings (SSSR count). The summed E-state index contributed by atoms with van der Waals surface area (Å²) in [6.45, 7) is 2.64. The number of pyridine rings is 1. The number of nitrogens with zero attached hydrogens (tertiary/aromatic N) is 1. The summed E-state index contributed by atoms with van der Waals surface area (Å²) >= 11 is 0. The third-order valence-corrected chi connectivity index (χ3v) is 3.94. The SMILES string of the molecule is CCc1cccnc1CNC(=O)C1CCC(N)CC1. The van der Waals surface area contributed by atoms with Crippen LogP contribution in [0.25, 0.3) is 0 Å². The Balaban J connectivity index is 1.86. The number of nitrogens with one attached hydrogen (secondary N) is 1. The van der Waals surface area contributed by atoms with Crippen LogP contribution in [0.15, 0.2) is 18.3 Å². The number of amides is 1. The third-order valence-electron chi connectivity index (χ3n) is 3.94. The highest BCUT2D eigenvalue weighted by atomic mass is 16.1. The van der Waals surface area contributed by atoms with Crippen molar-refractivity contribution in [2.75, 3.05) is 0 Å². The minimum atomic E-state index is 0.133. The van der Waals surface area contributed by atoms with Gasteiger partial charge >= 0.3 is 0 Å². The van der Waals surface area contributed by atoms with Crippen molar-refractivity contribution in [3.05, 3.63) is 29.6 Å². The average Bonchev–Trinajstić information content (AvgIpc) is 2.45. The van der Waals surface area contributed by atoms with E-state index in [9.17, 15) is 4.79 Å². The second-order valence-corrected chi connectivity index (χ2v) is 5.29. The summed E-state index contributed by atoms with van der Waals surface area (Å²) in [5.41, 5.74) is 8.04. The molecule has 0 aromatic carbocycles. The van der Waals surface area contributed by atoms with Crippen molar-refractivity contribution in [3.8, 4) is 0 Å². The number of hydrogen-bond acceptors (Lipinski definition) is 3.